The first kappa shape index (κ1) is 16.3. The topological polar surface area (TPSA) is 88.1 Å². The first-order chi connectivity index (χ1) is 12.5. The third kappa shape index (κ3) is 2.44. The summed E-state index contributed by atoms with van der Waals surface area (Å²) in [4.78, 5) is 46.2. The lowest BCUT2D eigenvalue weighted by atomic mass is 10.1. The number of aryl methyl sites for hydroxylation is 2. The van der Waals surface area contributed by atoms with Crippen molar-refractivity contribution in [3.63, 3.8) is 0 Å². The number of H-pyrrole nitrogens is 1. The molecule has 3 heterocycles. The molecule has 2 amide bonds. The number of nitrogens with one attached hydrogen (secondary N) is 1. The zero-order valence-corrected chi connectivity index (χ0v) is 14.6. The van der Waals surface area contributed by atoms with Crippen molar-refractivity contribution in [3.05, 3.63) is 63.3 Å². The van der Waals surface area contributed by atoms with Gasteiger partial charge in [-0.15, -0.1) is 0 Å². The lowest BCUT2D eigenvalue weighted by Gasteiger charge is -2.15. The molecule has 0 saturated carbocycles. The summed E-state index contributed by atoms with van der Waals surface area (Å²) in [5.74, 6) is 0.0562. The van der Waals surface area contributed by atoms with E-state index < -0.39 is 0 Å². The first-order valence-corrected chi connectivity index (χ1v) is 8.49. The Labute approximate surface area is 149 Å². The minimum Gasteiger partial charge on any atom is -0.343 e. The lowest BCUT2D eigenvalue weighted by molar-refractivity contribution is 0.0650. The number of aromatic amines is 1. The summed E-state index contributed by atoms with van der Waals surface area (Å²) in [7, 11) is 0. The van der Waals surface area contributed by atoms with E-state index in [0.29, 0.717) is 41.0 Å². The Kier molecular flexibility index (Phi) is 3.72. The van der Waals surface area contributed by atoms with E-state index in [1.807, 2.05) is 6.92 Å². The highest BCUT2D eigenvalue weighted by atomic mass is 16.2. The monoisotopic (exact) mass is 350 g/mol. The fraction of sp³-hybridized carbons (Fsp3) is 0.263. The zero-order valence-electron chi connectivity index (χ0n) is 14.6. The van der Waals surface area contributed by atoms with E-state index in [2.05, 4.69) is 9.97 Å². The molecule has 1 aliphatic rings. The van der Waals surface area contributed by atoms with E-state index in [0.717, 1.165) is 5.69 Å². The maximum absolute atomic E-state index is 12.7. The third-order valence-electron chi connectivity index (χ3n) is 4.71. The average molecular weight is 350 g/mol. The van der Waals surface area contributed by atoms with Gasteiger partial charge in [-0.1, -0.05) is 12.1 Å². The van der Waals surface area contributed by atoms with Crippen LogP contribution >= 0.6 is 0 Å². The molecule has 4 rings (SSSR count). The van der Waals surface area contributed by atoms with E-state index >= 15 is 0 Å². The maximum atomic E-state index is 12.7. The maximum Gasteiger partial charge on any atom is 0.263 e. The molecule has 2 aromatic heterocycles. The van der Waals surface area contributed by atoms with Crippen LogP contribution in [0.3, 0.4) is 0 Å². The second kappa shape index (κ2) is 5.94. The number of amides is 2. The Hall–Kier alpha value is -3.22. The third-order valence-corrected chi connectivity index (χ3v) is 4.71. The molecule has 1 N–H and O–H groups in total. The number of benzene rings is 1. The molecule has 0 saturated heterocycles. The molecule has 0 bridgehead atoms. The number of rotatable bonds is 4. The van der Waals surface area contributed by atoms with Crippen molar-refractivity contribution in [2.75, 3.05) is 6.54 Å². The highest BCUT2D eigenvalue weighted by Crippen LogP contribution is 2.22. The second-order valence-corrected chi connectivity index (χ2v) is 6.49. The van der Waals surface area contributed by atoms with Crippen LogP contribution in [0.15, 0.2) is 35.1 Å². The summed E-state index contributed by atoms with van der Waals surface area (Å²) in [6.07, 6.45) is 0.489. The van der Waals surface area contributed by atoms with Crippen LogP contribution in [0.1, 0.15) is 38.7 Å². The quantitative estimate of drug-likeness (QED) is 0.729. The van der Waals surface area contributed by atoms with Crippen LogP contribution < -0.4 is 5.56 Å². The SMILES string of the molecule is Cc1cc2c(=O)n(CCCN3C(=O)c4ccccc4C3=O)c(C)nc2[nH]1. The summed E-state index contributed by atoms with van der Waals surface area (Å²) in [6, 6.07) is 8.60. The Morgan fingerprint density at radius 1 is 1.00 bits per heavy atom. The van der Waals surface area contributed by atoms with Gasteiger partial charge in [-0.05, 0) is 38.5 Å². The van der Waals surface area contributed by atoms with Gasteiger partial charge >= 0.3 is 0 Å². The Balaban J connectivity index is 1.53. The number of carbonyl (C=O) groups is 2. The van der Waals surface area contributed by atoms with Crippen LogP contribution in [0.2, 0.25) is 0 Å². The van der Waals surface area contributed by atoms with Crippen molar-refractivity contribution in [1.82, 2.24) is 19.4 Å². The van der Waals surface area contributed by atoms with Gasteiger partial charge in [0.15, 0.2) is 0 Å². The van der Waals surface area contributed by atoms with E-state index in [1.165, 1.54) is 4.90 Å². The Morgan fingerprint density at radius 3 is 2.31 bits per heavy atom. The molecule has 0 fully saturated rings. The van der Waals surface area contributed by atoms with Gasteiger partial charge < -0.3 is 4.98 Å². The van der Waals surface area contributed by atoms with Gasteiger partial charge in [0.05, 0.1) is 16.5 Å². The molecule has 0 spiro atoms. The van der Waals surface area contributed by atoms with Gasteiger partial charge in [0.25, 0.3) is 17.4 Å². The molecule has 0 unspecified atom stereocenters. The lowest BCUT2D eigenvalue weighted by Crippen LogP contribution is -2.32. The first-order valence-electron chi connectivity index (χ1n) is 8.49. The van der Waals surface area contributed by atoms with Crippen LogP contribution in [0, 0.1) is 13.8 Å². The summed E-state index contributed by atoms with van der Waals surface area (Å²) < 4.78 is 1.59. The predicted octanol–water partition coefficient (Wildman–Crippen LogP) is 2.03. The fourth-order valence-electron chi connectivity index (χ4n) is 3.43. The van der Waals surface area contributed by atoms with Crippen molar-refractivity contribution in [2.24, 2.45) is 0 Å². The van der Waals surface area contributed by atoms with E-state index in [1.54, 1.807) is 41.8 Å². The minimum atomic E-state index is -0.274. The highest BCUT2D eigenvalue weighted by Gasteiger charge is 2.34. The van der Waals surface area contributed by atoms with Crippen molar-refractivity contribution < 1.29 is 9.59 Å². The van der Waals surface area contributed by atoms with Gasteiger partial charge in [-0.2, -0.15) is 0 Å². The van der Waals surface area contributed by atoms with Gasteiger partial charge in [-0.3, -0.25) is 23.9 Å². The average Bonchev–Trinajstić information content (AvgIpc) is 3.10. The fourth-order valence-corrected chi connectivity index (χ4v) is 3.43. The van der Waals surface area contributed by atoms with E-state index in [9.17, 15) is 14.4 Å². The number of aromatic nitrogens is 3. The Bertz CT molecular complexity index is 1070. The molecule has 132 valence electrons. The molecule has 7 heteroatoms. The van der Waals surface area contributed by atoms with E-state index in [4.69, 9.17) is 0 Å². The summed E-state index contributed by atoms with van der Waals surface area (Å²) in [6.45, 7) is 4.32. The van der Waals surface area contributed by atoms with Crippen molar-refractivity contribution >= 4 is 22.8 Å². The summed E-state index contributed by atoms with van der Waals surface area (Å²) in [5.41, 5.74) is 2.24. The molecule has 0 radical (unpaired) electrons. The van der Waals surface area contributed by atoms with E-state index in [-0.39, 0.29) is 23.9 Å². The smallest absolute Gasteiger partial charge is 0.263 e. The highest BCUT2D eigenvalue weighted by molar-refractivity contribution is 6.21. The van der Waals surface area contributed by atoms with Crippen molar-refractivity contribution in [1.29, 1.82) is 0 Å². The number of imide groups is 1. The molecule has 1 aromatic carbocycles. The van der Waals surface area contributed by atoms with Crippen LogP contribution in [0.25, 0.3) is 11.0 Å². The number of fused-ring (bicyclic) bond motifs is 2. The predicted molar refractivity (Wildman–Crippen MR) is 96.3 cm³/mol. The molecule has 7 nitrogen and oxygen atoms in total. The molecule has 0 atom stereocenters. The second-order valence-electron chi connectivity index (χ2n) is 6.49. The summed E-state index contributed by atoms with van der Waals surface area (Å²) in [5, 5.41) is 0.550. The van der Waals surface area contributed by atoms with Gasteiger partial charge in [-0.25, -0.2) is 4.98 Å². The Morgan fingerprint density at radius 2 is 1.65 bits per heavy atom. The van der Waals surface area contributed by atoms with Gasteiger partial charge in [0.2, 0.25) is 0 Å². The van der Waals surface area contributed by atoms with Crippen LogP contribution in [0.4, 0.5) is 0 Å². The minimum absolute atomic E-state index is 0.112. The molecule has 26 heavy (non-hydrogen) atoms. The zero-order chi connectivity index (χ0) is 18.4. The number of nitrogens with zero attached hydrogens (tertiary/aromatic N) is 3. The summed E-state index contributed by atoms with van der Waals surface area (Å²) >= 11 is 0. The molecular weight excluding hydrogens is 332 g/mol. The standard InChI is InChI=1S/C19H18N4O3/c1-11-10-15-16(20-11)21-12(2)22(19(15)26)8-5-9-23-17(24)13-6-3-4-7-14(13)18(23)25/h3-4,6-7,10,20H,5,8-9H2,1-2H3. The molecule has 0 aliphatic carbocycles. The van der Waals surface area contributed by atoms with Crippen molar-refractivity contribution in [2.45, 2.75) is 26.8 Å². The number of hydrogen-bond acceptors (Lipinski definition) is 4. The molecular formula is C19H18N4O3. The number of hydrogen-bond donors (Lipinski definition) is 1. The van der Waals surface area contributed by atoms with Crippen LogP contribution in [-0.2, 0) is 6.54 Å². The van der Waals surface area contributed by atoms with Crippen molar-refractivity contribution in [3.8, 4) is 0 Å². The molecule has 3 aromatic rings. The molecule has 1 aliphatic heterocycles. The normalized spacial score (nSPS) is 13.7. The number of carbonyl (C=O) groups excluding carboxylic acids is 2. The van der Waals surface area contributed by atoms with Gasteiger partial charge in [0.1, 0.15) is 11.5 Å². The van der Waals surface area contributed by atoms with Crippen LogP contribution in [0.5, 0.6) is 0 Å². The van der Waals surface area contributed by atoms with Gasteiger partial charge in [0, 0.05) is 18.8 Å². The van der Waals surface area contributed by atoms with Crippen LogP contribution in [-0.4, -0.2) is 37.8 Å². The largest absolute Gasteiger partial charge is 0.343 e.